The van der Waals surface area contributed by atoms with E-state index in [0.717, 1.165) is 31.1 Å². The molecule has 0 atom stereocenters. The van der Waals surface area contributed by atoms with E-state index in [9.17, 15) is 9.59 Å². The molecule has 0 spiro atoms. The molecule has 1 aliphatic rings. The first kappa shape index (κ1) is 34.9. The highest BCUT2D eigenvalue weighted by atomic mass is 28.4. The van der Waals surface area contributed by atoms with Gasteiger partial charge in [-0.2, -0.15) is 0 Å². The Hall–Kier alpha value is -6.87. The Morgan fingerprint density at radius 1 is 0.268 bits per heavy atom. The Bertz CT molecular complexity index is 2270. The van der Waals surface area contributed by atoms with E-state index in [1.54, 1.807) is 36.4 Å². The lowest BCUT2D eigenvalue weighted by Gasteiger charge is -2.37. The number of hydrogen-bond acceptors (Lipinski definition) is 4. The van der Waals surface area contributed by atoms with E-state index in [2.05, 4.69) is 72.8 Å². The van der Waals surface area contributed by atoms with Crippen molar-refractivity contribution in [3.63, 3.8) is 0 Å². The SMILES string of the molecule is O=C1c2ccccc2C(=O)c2cc(O[Si](c3ccccc3)(c3ccccc3)c3ccccc3)c(O[Si](c3ccccc3)(c3ccccc3)c3ccccc3)cc21. The molecule has 268 valence electrons. The van der Waals surface area contributed by atoms with Gasteiger partial charge >= 0.3 is 16.6 Å². The van der Waals surface area contributed by atoms with Gasteiger partial charge in [-0.1, -0.05) is 206 Å². The van der Waals surface area contributed by atoms with Gasteiger partial charge in [0.2, 0.25) is 0 Å². The molecular formula is C50H36O4Si2. The second-order valence-corrected chi connectivity index (χ2v) is 20.4. The van der Waals surface area contributed by atoms with Crippen LogP contribution in [0.1, 0.15) is 31.8 Å². The van der Waals surface area contributed by atoms with Crippen molar-refractivity contribution >= 4 is 59.3 Å². The van der Waals surface area contributed by atoms with Gasteiger partial charge < -0.3 is 8.85 Å². The van der Waals surface area contributed by atoms with Crippen molar-refractivity contribution in [1.29, 1.82) is 0 Å². The first-order chi connectivity index (χ1) is 27.6. The third-order valence-electron chi connectivity index (χ3n) is 10.6. The Labute approximate surface area is 328 Å². The molecule has 0 fully saturated rings. The molecule has 9 rings (SSSR count). The van der Waals surface area contributed by atoms with Crippen LogP contribution in [0.25, 0.3) is 0 Å². The summed E-state index contributed by atoms with van der Waals surface area (Å²) in [6.45, 7) is 0. The minimum absolute atomic E-state index is 0.226. The fourth-order valence-corrected chi connectivity index (χ4v) is 15.6. The smallest absolute Gasteiger partial charge is 0.347 e. The lowest BCUT2D eigenvalue weighted by Crippen LogP contribution is -2.72. The molecule has 0 bridgehead atoms. The predicted molar refractivity (Wildman–Crippen MR) is 229 cm³/mol. The van der Waals surface area contributed by atoms with E-state index in [4.69, 9.17) is 8.85 Å². The molecule has 56 heavy (non-hydrogen) atoms. The molecule has 0 N–H and O–H groups in total. The molecule has 0 heterocycles. The highest BCUT2D eigenvalue weighted by Crippen LogP contribution is 2.39. The molecule has 0 unspecified atom stereocenters. The lowest BCUT2D eigenvalue weighted by molar-refractivity contribution is 0.0978. The quantitative estimate of drug-likeness (QED) is 0.117. The first-order valence-corrected chi connectivity index (χ1v) is 22.5. The summed E-state index contributed by atoms with van der Waals surface area (Å²) in [5.74, 6) is 0.339. The molecule has 8 aromatic carbocycles. The summed E-state index contributed by atoms with van der Waals surface area (Å²) in [5.41, 5.74) is 1.34. The maximum atomic E-state index is 14.4. The summed E-state index contributed by atoms with van der Waals surface area (Å²) >= 11 is 0. The second-order valence-electron chi connectivity index (χ2n) is 13.8. The number of ketones is 2. The monoisotopic (exact) mass is 756 g/mol. The minimum Gasteiger partial charge on any atom is -0.528 e. The van der Waals surface area contributed by atoms with Crippen LogP contribution in [0.15, 0.2) is 218 Å². The van der Waals surface area contributed by atoms with Gasteiger partial charge in [0.05, 0.1) is 0 Å². The number of carbonyl (C=O) groups is 2. The zero-order valence-electron chi connectivity index (χ0n) is 30.4. The number of benzene rings is 8. The summed E-state index contributed by atoms with van der Waals surface area (Å²) in [6.07, 6.45) is 0. The Balaban J connectivity index is 1.36. The average molecular weight is 757 g/mol. The standard InChI is InChI=1S/C50H36O4Si2/c51-49-43-33-19-20-34-44(43)50(52)46-36-48(54-56(40-27-13-4-14-28-40,41-29-15-5-16-30-41)42-31-17-6-18-32-42)47(35-45(46)49)53-55(37-21-7-1-8-22-37,38-23-9-2-10-24-38)39-25-11-3-12-26-39/h1-36H. The molecular weight excluding hydrogens is 721 g/mol. The first-order valence-electron chi connectivity index (χ1n) is 18.7. The van der Waals surface area contributed by atoms with Crippen molar-refractivity contribution in [2.45, 2.75) is 0 Å². The molecule has 4 nitrogen and oxygen atoms in total. The van der Waals surface area contributed by atoms with Crippen LogP contribution < -0.4 is 40.0 Å². The molecule has 0 aromatic heterocycles. The maximum absolute atomic E-state index is 14.4. The van der Waals surface area contributed by atoms with E-state index in [1.165, 1.54) is 0 Å². The molecule has 8 aromatic rings. The second kappa shape index (κ2) is 14.8. The van der Waals surface area contributed by atoms with Gasteiger partial charge in [-0.3, -0.25) is 9.59 Å². The van der Waals surface area contributed by atoms with Crippen LogP contribution in [0.4, 0.5) is 0 Å². The molecule has 0 saturated heterocycles. The summed E-state index contributed by atoms with van der Waals surface area (Å²) in [5, 5.41) is 6.12. The Morgan fingerprint density at radius 3 is 0.714 bits per heavy atom. The summed E-state index contributed by atoms with van der Waals surface area (Å²) < 4.78 is 15.5. The average Bonchev–Trinajstić information content (AvgIpc) is 3.28. The van der Waals surface area contributed by atoms with Crippen LogP contribution >= 0.6 is 0 Å². The highest BCUT2D eigenvalue weighted by Gasteiger charge is 2.48. The van der Waals surface area contributed by atoms with Crippen LogP contribution in [0.2, 0.25) is 0 Å². The fraction of sp³-hybridized carbons (Fsp3) is 0. The van der Waals surface area contributed by atoms with Crippen LogP contribution in [-0.4, -0.2) is 28.2 Å². The third kappa shape index (κ3) is 5.92. The van der Waals surface area contributed by atoms with Crippen LogP contribution in [0.5, 0.6) is 11.5 Å². The number of fused-ring (bicyclic) bond motifs is 2. The van der Waals surface area contributed by atoms with E-state index in [1.807, 2.05) is 109 Å². The van der Waals surface area contributed by atoms with Gasteiger partial charge in [0.1, 0.15) is 11.5 Å². The normalized spacial score (nSPS) is 12.4. The van der Waals surface area contributed by atoms with Crippen molar-refractivity contribution in [1.82, 2.24) is 0 Å². The van der Waals surface area contributed by atoms with Crippen molar-refractivity contribution in [3.8, 4) is 11.5 Å². The maximum Gasteiger partial charge on any atom is 0.347 e. The van der Waals surface area contributed by atoms with E-state index >= 15 is 0 Å². The predicted octanol–water partition coefficient (Wildman–Crippen LogP) is 6.55. The highest BCUT2D eigenvalue weighted by molar-refractivity contribution is 7.08. The third-order valence-corrected chi connectivity index (χ3v) is 18.5. The van der Waals surface area contributed by atoms with Crippen molar-refractivity contribution < 1.29 is 18.4 Å². The molecule has 1 aliphatic carbocycles. The van der Waals surface area contributed by atoms with Gasteiger partial charge in [0.25, 0.3) is 0 Å². The molecule has 0 saturated carbocycles. The fourth-order valence-electron chi connectivity index (χ4n) is 7.99. The molecule has 6 heteroatoms. The Kier molecular flexibility index (Phi) is 9.19. The van der Waals surface area contributed by atoms with E-state index in [-0.39, 0.29) is 11.6 Å². The number of hydrogen-bond donors (Lipinski definition) is 0. The van der Waals surface area contributed by atoms with Crippen molar-refractivity contribution in [2.24, 2.45) is 0 Å². The topological polar surface area (TPSA) is 52.6 Å². The van der Waals surface area contributed by atoms with Gasteiger partial charge in [0.15, 0.2) is 11.6 Å². The zero-order valence-corrected chi connectivity index (χ0v) is 32.4. The van der Waals surface area contributed by atoms with Gasteiger partial charge in [-0.05, 0) is 43.3 Å². The molecule has 0 aliphatic heterocycles. The lowest BCUT2D eigenvalue weighted by atomic mass is 9.84. The molecule has 0 radical (unpaired) electrons. The summed E-state index contributed by atoms with van der Waals surface area (Å²) in [7, 11) is -6.85. The van der Waals surface area contributed by atoms with Crippen LogP contribution in [0, 0.1) is 0 Å². The van der Waals surface area contributed by atoms with E-state index in [0.29, 0.717) is 33.8 Å². The van der Waals surface area contributed by atoms with Crippen molar-refractivity contribution in [2.75, 3.05) is 0 Å². The van der Waals surface area contributed by atoms with Gasteiger partial charge in [0, 0.05) is 22.3 Å². The van der Waals surface area contributed by atoms with Crippen LogP contribution in [-0.2, 0) is 0 Å². The van der Waals surface area contributed by atoms with Crippen molar-refractivity contribution in [3.05, 3.63) is 241 Å². The largest absolute Gasteiger partial charge is 0.528 e. The number of carbonyl (C=O) groups excluding carboxylic acids is 2. The number of rotatable bonds is 10. The van der Waals surface area contributed by atoms with Gasteiger partial charge in [-0.15, -0.1) is 0 Å². The van der Waals surface area contributed by atoms with Crippen LogP contribution in [0.3, 0.4) is 0 Å². The van der Waals surface area contributed by atoms with E-state index < -0.39 is 16.6 Å². The summed E-state index contributed by atoms with van der Waals surface area (Å²) in [4.78, 5) is 28.8. The van der Waals surface area contributed by atoms with Gasteiger partial charge in [-0.25, -0.2) is 0 Å². The summed E-state index contributed by atoms with van der Waals surface area (Å²) in [6, 6.07) is 72.4. The zero-order chi connectivity index (χ0) is 38.0. The minimum atomic E-state index is -3.43. The molecule has 0 amide bonds. The Morgan fingerprint density at radius 2 is 0.482 bits per heavy atom.